The van der Waals surface area contributed by atoms with Gasteiger partial charge in [0.2, 0.25) is 0 Å². The summed E-state index contributed by atoms with van der Waals surface area (Å²) < 4.78 is 17.2. The van der Waals surface area contributed by atoms with Gasteiger partial charge in [0.25, 0.3) is 0 Å². The fourth-order valence-electron chi connectivity index (χ4n) is 4.13. The Bertz CT molecular complexity index is 1240. The fourth-order valence-corrected chi connectivity index (χ4v) is 4.13. The molecular formula is C21H18O10. The van der Waals surface area contributed by atoms with Crippen molar-refractivity contribution < 1.29 is 44.5 Å². The van der Waals surface area contributed by atoms with E-state index in [1.807, 2.05) is 0 Å². The monoisotopic (exact) mass is 430 g/mol. The Kier molecular flexibility index (Phi) is 4.26. The third-order valence-corrected chi connectivity index (χ3v) is 5.65. The molecule has 2 aromatic carbocycles. The maximum Gasteiger partial charge on any atom is 0.200 e. The molecule has 2 aliphatic rings. The number of aromatic hydroxyl groups is 4. The Labute approximate surface area is 173 Å². The molecule has 1 saturated heterocycles. The SMILES string of the molecule is O=c1cc(-c2cc(O)c(O)c(O)c2)oc2cc3c(c(O)c12)C1O[C@H](CO)C(O)C[C@@H]1O3. The highest BCUT2D eigenvalue weighted by atomic mass is 16.6. The van der Waals surface area contributed by atoms with Crippen LogP contribution in [0.1, 0.15) is 18.1 Å². The van der Waals surface area contributed by atoms with Crippen molar-refractivity contribution in [2.24, 2.45) is 0 Å². The Morgan fingerprint density at radius 3 is 2.39 bits per heavy atom. The second-order valence-corrected chi connectivity index (χ2v) is 7.59. The van der Waals surface area contributed by atoms with E-state index in [9.17, 15) is 35.4 Å². The summed E-state index contributed by atoms with van der Waals surface area (Å²) in [5.41, 5.74) is -0.244. The molecule has 10 heteroatoms. The minimum Gasteiger partial charge on any atom is -0.506 e. The van der Waals surface area contributed by atoms with Crippen LogP contribution in [0.2, 0.25) is 0 Å². The van der Waals surface area contributed by atoms with Gasteiger partial charge in [-0.1, -0.05) is 0 Å². The van der Waals surface area contributed by atoms with Gasteiger partial charge >= 0.3 is 0 Å². The Hall–Kier alpha value is -3.47. The Morgan fingerprint density at radius 2 is 1.71 bits per heavy atom. The first-order valence-corrected chi connectivity index (χ1v) is 9.48. The molecule has 3 heterocycles. The van der Waals surface area contributed by atoms with Crippen LogP contribution in [0.5, 0.6) is 28.7 Å². The van der Waals surface area contributed by atoms with Crippen molar-refractivity contribution in [3.05, 3.63) is 40.1 Å². The van der Waals surface area contributed by atoms with Gasteiger partial charge in [0.15, 0.2) is 22.7 Å². The summed E-state index contributed by atoms with van der Waals surface area (Å²) in [6.45, 7) is -0.411. The van der Waals surface area contributed by atoms with Crippen LogP contribution < -0.4 is 10.2 Å². The number of fused-ring (bicyclic) bond motifs is 4. The average Bonchev–Trinajstić information content (AvgIpc) is 3.07. The van der Waals surface area contributed by atoms with Gasteiger partial charge in [-0.3, -0.25) is 4.79 Å². The van der Waals surface area contributed by atoms with E-state index in [-0.39, 0.29) is 45.8 Å². The van der Waals surface area contributed by atoms with Crippen LogP contribution in [0.4, 0.5) is 0 Å². The molecule has 162 valence electrons. The van der Waals surface area contributed by atoms with Crippen LogP contribution in [0.25, 0.3) is 22.3 Å². The summed E-state index contributed by atoms with van der Waals surface area (Å²) in [5, 5.41) is 59.2. The van der Waals surface area contributed by atoms with Crippen LogP contribution in [0.3, 0.4) is 0 Å². The molecule has 1 fully saturated rings. The average molecular weight is 430 g/mol. The highest BCUT2D eigenvalue weighted by Crippen LogP contribution is 2.51. The van der Waals surface area contributed by atoms with Gasteiger partial charge in [0.1, 0.15) is 46.5 Å². The summed E-state index contributed by atoms with van der Waals surface area (Å²) in [7, 11) is 0. The van der Waals surface area contributed by atoms with Crippen molar-refractivity contribution in [2.75, 3.05) is 6.61 Å². The van der Waals surface area contributed by atoms with E-state index in [4.69, 9.17) is 13.9 Å². The molecule has 2 unspecified atom stereocenters. The number of phenolic OH excluding ortho intramolecular Hbond substituents is 4. The molecule has 0 spiro atoms. The summed E-state index contributed by atoms with van der Waals surface area (Å²) in [4.78, 5) is 12.8. The largest absolute Gasteiger partial charge is 0.506 e. The molecule has 3 aromatic rings. The molecule has 0 bridgehead atoms. The van der Waals surface area contributed by atoms with E-state index in [0.29, 0.717) is 0 Å². The lowest BCUT2D eigenvalue weighted by molar-refractivity contribution is -0.165. The van der Waals surface area contributed by atoms with Crippen molar-refractivity contribution in [1.82, 2.24) is 0 Å². The van der Waals surface area contributed by atoms with Crippen molar-refractivity contribution in [2.45, 2.75) is 30.8 Å². The van der Waals surface area contributed by atoms with Gasteiger partial charge in [-0.15, -0.1) is 0 Å². The first-order chi connectivity index (χ1) is 14.8. The van der Waals surface area contributed by atoms with Crippen molar-refractivity contribution in [3.63, 3.8) is 0 Å². The maximum absolute atomic E-state index is 12.8. The summed E-state index contributed by atoms with van der Waals surface area (Å²) in [5.74, 6) is -2.11. The number of phenols is 4. The van der Waals surface area contributed by atoms with E-state index in [0.717, 1.165) is 18.2 Å². The molecule has 0 amide bonds. The third-order valence-electron chi connectivity index (χ3n) is 5.65. The molecule has 2 aliphatic heterocycles. The van der Waals surface area contributed by atoms with Gasteiger partial charge < -0.3 is 44.5 Å². The van der Waals surface area contributed by atoms with Gasteiger partial charge in [-0.05, 0) is 12.1 Å². The number of rotatable bonds is 2. The number of aliphatic hydroxyl groups is 2. The zero-order chi connectivity index (χ0) is 22.0. The topological polar surface area (TPSA) is 170 Å². The Morgan fingerprint density at radius 1 is 1.00 bits per heavy atom. The first kappa shape index (κ1) is 19.5. The number of aliphatic hydroxyl groups excluding tert-OH is 2. The number of hydrogen-bond acceptors (Lipinski definition) is 10. The molecular weight excluding hydrogens is 412 g/mol. The molecule has 4 atom stereocenters. The predicted octanol–water partition coefficient (Wildman–Crippen LogP) is 1.23. The molecule has 5 rings (SSSR count). The number of ether oxygens (including phenoxy) is 2. The van der Waals surface area contributed by atoms with Crippen LogP contribution >= 0.6 is 0 Å². The van der Waals surface area contributed by atoms with Crippen LogP contribution in [0, 0.1) is 0 Å². The van der Waals surface area contributed by atoms with Crippen LogP contribution in [-0.2, 0) is 4.74 Å². The lowest BCUT2D eigenvalue weighted by Crippen LogP contribution is -2.44. The van der Waals surface area contributed by atoms with Gasteiger partial charge in [0, 0.05) is 24.1 Å². The van der Waals surface area contributed by atoms with Crippen LogP contribution in [0.15, 0.2) is 33.5 Å². The standard InChI is InChI=1S/C21H18O10/c22-6-16-8(23)3-15-21(31-16)18-14(30-15)5-13-17(20(18)28)9(24)4-12(29-13)7-1-10(25)19(27)11(26)2-7/h1-2,4-5,8,15-16,21-23,25-28H,3,6H2/t8?,15-,16+,21?/m0/s1. The molecule has 6 N–H and O–H groups in total. The zero-order valence-electron chi connectivity index (χ0n) is 15.8. The maximum atomic E-state index is 12.8. The molecule has 0 radical (unpaired) electrons. The van der Waals surface area contributed by atoms with Crippen molar-refractivity contribution >= 4 is 11.0 Å². The lowest BCUT2D eigenvalue weighted by Gasteiger charge is -2.34. The normalized spacial score (nSPS) is 24.6. The van der Waals surface area contributed by atoms with E-state index in [2.05, 4.69) is 0 Å². The lowest BCUT2D eigenvalue weighted by atomic mass is 9.94. The van der Waals surface area contributed by atoms with Crippen LogP contribution in [-0.4, -0.2) is 55.6 Å². The highest BCUT2D eigenvalue weighted by molar-refractivity contribution is 5.89. The zero-order valence-corrected chi connectivity index (χ0v) is 15.8. The minimum absolute atomic E-state index is 0.0105. The molecule has 0 aliphatic carbocycles. The van der Waals surface area contributed by atoms with E-state index in [1.54, 1.807) is 0 Å². The van der Waals surface area contributed by atoms with Crippen molar-refractivity contribution in [1.29, 1.82) is 0 Å². The second-order valence-electron chi connectivity index (χ2n) is 7.59. The molecule has 10 nitrogen and oxygen atoms in total. The van der Waals surface area contributed by atoms with Crippen molar-refractivity contribution in [3.8, 4) is 40.1 Å². The van der Waals surface area contributed by atoms with Gasteiger partial charge in [0.05, 0.1) is 18.3 Å². The second kappa shape index (κ2) is 6.77. The van der Waals surface area contributed by atoms with E-state index in [1.165, 1.54) is 6.07 Å². The fraction of sp³-hybridized carbons (Fsp3) is 0.286. The van der Waals surface area contributed by atoms with Gasteiger partial charge in [-0.2, -0.15) is 0 Å². The quantitative estimate of drug-likeness (QED) is 0.325. The molecule has 0 saturated carbocycles. The minimum atomic E-state index is -0.946. The predicted molar refractivity (Wildman–Crippen MR) is 104 cm³/mol. The van der Waals surface area contributed by atoms with E-state index < -0.39 is 53.7 Å². The summed E-state index contributed by atoms with van der Waals surface area (Å²) in [6.07, 6.45) is -3.02. The summed E-state index contributed by atoms with van der Waals surface area (Å²) >= 11 is 0. The number of hydrogen-bond donors (Lipinski definition) is 6. The highest BCUT2D eigenvalue weighted by Gasteiger charge is 2.46. The molecule has 1 aromatic heterocycles. The van der Waals surface area contributed by atoms with E-state index >= 15 is 0 Å². The van der Waals surface area contributed by atoms with Gasteiger partial charge in [-0.25, -0.2) is 0 Å². The Balaban J connectivity index is 1.65. The molecule has 31 heavy (non-hydrogen) atoms. The third kappa shape index (κ3) is 2.87. The smallest absolute Gasteiger partial charge is 0.200 e. The first-order valence-electron chi connectivity index (χ1n) is 9.48. The summed E-state index contributed by atoms with van der Waals surface area (Å²) in [6, 6.07) is 4.72. The number of benzene rings is 2.